The third kappa shape index (κ3) is 10.6. The lowest BCUT2D eigenvalue weighted by Gasteiger charge is -2.26. The molecular formula is C15H26F3O6P. The van der Waals surface area contributed by atoms with Gasteiger partial charge in [0.1, 0.15) is 6.61 Å². The van der Waals surface area contributed by atoms with Crippen molar-refractivity contribution in [1.29, 1.82) is 0 Å². The normalized spacial score (nSPS) is 16.0. The second kappa shape index (κ2) is 10.3. The fourth-order valence-corrected chi connectivity index (χ4v) is 1.80. The summed E-state index contributed by atoms with van der Waals surface area (Å²) in [5, 5.41) is 0. The average molecular weight is 390 g/mol. The number of esters is 2. The molecule has 0 saturated heterocycles. The smallest absolute Gasteiger partial charge is 0.461 e. The summed E-state index contributed by atoms with van der Waals surface area (Å²) in [5.74, 6) is -3.49. The lowest BCUT2D eigenvalue weighted by Crippen LogP contribution is -2.39. The Kier molecular flexibility index (Phi) is 9.90. The van der Waals surface area contributed by atoms with E-state index in [1.807, 2.05) is 6.92 Å². The Morgan fingerprint density at radius 1 is 0.960 bits per heavy atom. The van der Waals surface area contributed by atoms with Gasteiger partial charge in [0.2, 0.25) is 0 Å². The Bertz CT molecular complexity index is 439. The number of hydrogen-bond acceptors (Lipinski definition) is 6. The zero-order valence-electron chi connectivity index (χ0n) is 15.0. The maximum atomic E-state index is 12.0. The van der Waals surface area contributed by atoms with Crippen LogP contribution in [0.2, 0.25) is 0 Å². The predicted molar refractivity (Wildman–Crippen MR) is 86.9 cm³/mol. The summed E-state index contributed by atoms with van der Waals surface area (Å²) >= 11 is 0. The van der Waals surface area contributed by atoms with Crippen LogP contribution in [0, 0.1) is 5.92 Å². The van der Waals surface area contributed by atoms with E-state index in [1.165, 1.54) is 20.8 Å². The Morgan fingerprint density at radius 3 is 1.96 bits per heavy atom. The lowest BCUT2D eigenvalue weighted by atomic mass is 10.1. The second-order valence-electron chi connectivity index (χ2n) is 6.27. The fourth-order valence-electron chi connectivity index (χ4n) is 1.53. The van der Waals surface area contributed by atoms with Gasteiger partial charge in [0.15, 0.2) is 5.60 Å². The van der Waals surface area contributed by atoms with Gasteiger partial charge in [0, 0.05) is 5.92 Å². The zero-order chi connectivity index (χ0) is 19.8. The number of hydrogen-bond donors (Lipinski definition) is 0. The molecule has 4 atom stereocenters. The summed E-state index contributed by atoms with van der Waals surface area (Å²) < 4.78 is 56.1. The van der Waals surface area contributed by atoms with Gasteiger partial charge in [-0.2, -0.15) is 13.2 Å². The van der Waals surface area contributed by atoms with Crippen molar-refractivity contribution in [1.82, 2.24) is 0 Å². The molecule has 0 aromatic carbocycles. The summed E-state index contributed by atoms with van der Waals surface area (Å²) in [6.07, 6.45) is -5.33. The first-order chi connectivity index (χ1) is 11.3. The Labute approximate surface area is 147 Å². The lowest BCUT2D eigenvalue weighted by molar-refractivity contribution is -0.201. The van der Waals surface area contributed by atoms with Crippen LogP contribution in [0.15, 0.2) is 0 Å². The molecule has 0 aliphatic rings. The molecule has 0 heterocycles. The molecule has 0 spiro atoms. The second-order valence-corrected chi connectivity index (χ2v) is 7.21. The minimum absolute atomic E-state index is 0.0448. The van der Waals surface area contributed by atoms with Crippen LogP contribution in [0.5, 0.6) is 0 Å². The van der Waals surface area contributed by atoms with Crippen molar-refractivity contribution in [3.05, 3.63) is 0 Å². The van der Waals surface area contributed by atoms with Gasteiger partial charge in [-0.3, -0.25) is 0 Å². The Morgan fingerprint density at radius 2 is 1.48 bits per heavy atom. The molecule has 0 amide bonds. The van der Waals surface area contributed by atoms with E-state index in [0.29, 0.717) is 0 Å². The first kappa shape index (κ1) is 24.1. The molecule has 25 heavy (non-hydrogen) atoms. The minimum atomic E-state index is -5.03. The van der Waals surface area contributed by atoms with E-state index in [1.54, 1.807) is 6.92 Å². The molecule has 4 unspecified atom stereocenters. The standard InChI is InChI=1S/C15H26F3O6P/c1-9(6-21-13(20)15(16,17)18)7-23-14(4,5)12(19)22-8-10(2)24-11(3)25/h9-11H,6-8,25H2,1-5H3. The van der Waals surface area contributed by atoms with Gasteiger partial charge in [-0.1, -0.05) is 6.92 Å². The van der Waals surface area contributed by atoms with Crippen LogP contribution in [0.4, 0.5) is 13.2 Å². The maximum Gasteiger partial charge on any atom is 0.490 e. The predicted octanol–water partition coefficient (Wildman–Crippen LogP) is 2.69. The van der Waals surface area contributed by atoms with Crippen LogP contribution in [0.25, 0.3) is 0 Å². The fraction of sp³-hybridized carbons (Fsp3) is 0.867. The van der Waals surface area contributed by atoms with Gasteiger partial charge < -0.3 is 18.9 Å². The number of ether oxygens (including phenoxy) is 4. The van der Waals surface area contributed by atoms with E-state index in [2.05, 4.69) is 14.0 Å². The van der Waals surface area contributed by atoms with E-state index in [9.17, 15) is 22.8 Å². The van der Waals surface area contributed by atoms with Crippen molar-refractivity contribution < 1.29 is 41.7 Å². The maximum absolute atomic E-state index is 12.0. The zero-order valence-corrected chi connectivity index (χ0v) is 16.2. The van der Waals surface area contributed by atoms with E-state index >= 15 is 0 Å². The largest absolute Gasteiger partial charge is 0.490 e. The number of carbonyl (C=O) groups excluding carboxylic acids is 2. The molecule has 0 fully saturated rings. The molecule has 0 aliphatic carbocycles. The summed E-state index contributed by atoms with van der Waals surface area (Å²) in [6, 6.07) is 0. The topological polar surface area (TPSA) is 71.1 Å². The van der Waals surface area contributed by atoms with E-state index in [0.717, 1.165) is 0 Å². The molecule has 0 radical (unpaired) electrons. The van der Waals surface area contributed by atoms with Crippen LogP contribution in [-0.4, -0.2) is 55.5 Å². The van der Waals surface area contributed by atoms with Gasteiger partial charge >= 0.3 is 18.1 Å². The van der Waals surface area contributed by atoms with Gasteiger partial charge in [-0.15, -0.1) is 9.24 Å². The molecule has 0 rings (SSSR count). The van der Waals surface area contributed by atoms with Crippen LogP contribution >= 0.6 is 9.24 Å². The minimum Gasteiger partial charge on any atom is -0.461 e. The van der Waals surface area contributed by atoms with Crippen molar-refractivity contribution in [2.45, 2.75) is 58.3 Å². The summed E-state index contributed by atoms with van der Waals surface area (Å²) in [5.41, 5.74) is -1.30. The van der Waals surface area contributed by atoms with Gasteiger partial charge in [-0.25, -0.2) is 9.59 Å². The molecular weight excluding hydrogens is 364 g/mol. The van der Waals surface area contributed by atoms with E-state index in [4.69, 9.17) is 14.2 Å². The van der Waals surface area contributed by atoms with Crippen molar-refractivity contribution in [2.75, 3.05) is 19.8 Å². The third-order valence-electron chi connectivity index (χ3n) is 2.85. The molecule has 6 nitrogen and oxygen atoms in total. The SMILES string of the molecule is CC(COC(=O)C(F)(F)F)COC(C)(C)C(=O)OCC(C)OC(C)P. The van der Waals surface area contributed by atoms with Gasteiger partial charge in [-0.05, 0) is 27.7 Å². The first-order valence-corrected chi connectivity index (χ1v) is 8.38. The van der Waals surface area contributed by atoms with E-state index < -0.39 is 36.2 Å². The summed E-state index contributed by atoms with van der Waals surface area (Å²) in [7, 11) is 2.46. The van der Waals surface area contributed by atoms with Crippen molar-refractivity contribution in [3.8, 4) is 0 Å². The highest BCUT2D eigenvalue weighted by atomic mass is 31.0. The number of carbonyl (C=O) groups is 2. The summed E-state index contributed by atoms with van der Waals surface area (Å²) in [4.78, 5) is 22.7. The number of alkyl halides is 3. The highest BCUT2D eigenvalue weighted by Crippen LogP contribution is 2.18. The van der Waals surface area contributed by atoms with Crippen LogP contribution in [-0.2, 0) is 28.5 Å². The molecule has 0 aliphatic heterocycles. The quantitative estimate of drug-likeness (QED) is 0.422. The summed E-state index contributed by atoms with van der Waals surface area (Å²) in [6.45, 7) is 7.55. The molecule has 0 aromatic rings. The van der Waals surface area contributed by atoms with Gasteiger partial charge in [0.05, 0.1) is 25.2 Å². The van der Waals surface area contributed by atoms with Crippen LogP contribution in [0.1, 0.15) is 34.6 Å². The highest BCUT2D eigenvalue weighted by molar-refractivity contribution is 7.17. The molecule has 0 aromatic heterocycles. The highest BCUT2D eigenvalue weighted by Gasteiger charge is 2.41. The third-order valence-corrected chi connectivity index (χ3v) is 3.00. The van der Waals surface area contributed by atoms with Crippen LogP contribution < -0.4 is 0 Å². The van der Waals surface area contributed by atoms with Crippen molar-refractivity contribution >= 4 is 21.2 Å². The monoisotopic (exact) mass is 390 g/mol. The number of rotatable bonds is 10. The van der Waals surface area contributed by atoms with Crippen molar-refractivity contribution in [2.24, 2.45) is 5.92 Å². The number of halogens is 3. The average Bonchev–Trinajstić information content (AvgIpc) is 2.46. The molecule has 0 saturated carbocycles. The molecule has 148 valence electrons. The molecule has 0 bridgehead atoms. The Balaban J connectivity index is 4.24. The molecule has 10 heteroatoms. The van der Waals surface area contributed by atoms with Crippen LogP contribution in [0.3, 0.4) is 0 Å². The van der Waals surface area contributed by atoms with Gasteiger partial charge in [0.25, 0.3) is 0 Å². The molecule has 0 N–H and O–H groups in total. The Hall–Kier alpha value is -0.920. The van der Waals surface area contributed by atoms with E-state index in [-0.39, 0.29) is 25.2 Å². The van der Waals surface area contributed by atoms with Crippen molar-refractivity contribution in [3.63, 3.8) is 0 Å². The first-order valence-electron chi connectivity index (χ1n) is 7.72.